The van der Waals surface area contributed by atoms with E-state index in [-0.39, 0.29) is 0 Å². The Morgan fingerprint density at radius 1 is 0.833 bits per heavy atom. The number of benzene rings is 1. The third kappa shape index (κ3) is 3.86. The Morgan fingerprint density at radius 2 is 1.50 bits per heavy atom. The van der Waals surface area contributed by atoms with Crippen molar-refractivity contribution in [3.05, 3.63) is 24.3 Å². The van der Waals surface area contributed by atoms with Gasteiger partial charge in [0.1, 0.15) is 11.9 Å². The summed E-state index contributed by atoms with van der Waals surface area (Å²) in [6.45, 7) is 6.91. The van der Waals surface area contributed by atoms with Gasteiger partial charge in [-0.15, -0.1) is 0 Å². The molecule has 0 amide bonds. The van der Waals surface area contributed by atoms with E-state index in [2.05, 4.69) is 39.4 Å². The summed E-state index contributed by atoms with van der Waals surface area (Å²) in [5.74, 6) is 1.02. The van der Waals surface area contributed by atoms with Crippen LogP contribution >= 0.6 is 0 Å². The minimum Gasteiger partial charge on any atom is -0.490 e. The molecule has 4 heteroatoms. The maximum atomic E-state index is 6.12. The van der Waals surface area contributed by atoms with Crippen molar-refractivity contribution >= 4 is 5.69 Å². The zero-order chi connectivity index (χ0) is 16.2. The fourth-order valence-corrected chi connectivity index (χ4v) is 4.46. The van der Waals surface area contributed by atoms with Gasteiger partial charge in [-0.2, -0.15) is 0 Å². The van der Waals surface area contributed by atoms with Crippen LogP contribution in [0.25, 0.3) is 0 Å². The lowest BCUT2D eigenvalue weighted by atomic mass is 10.1. The van der Waals surface area contributed by atoms with Crippen molar-refractivity contribution in [1.29, 1.82) is 0 Å². The normalized spacial score (nSPS) is 24.4. The summed E-state index contributed by atoms with van der Waals surface area (Å²) in [6.07, 6.45) is 8.32. The highest BCUT2D eigenvalue weighted by Gasteiger charge is 2.26. The van der Waals surface area contributed by atoms with Crippen LogP contribution in [-0.2, 0) is 0 Å². The van der Waals surface area contributed by atoms with Crippen LogP contribution in [-0.4, -0.2) is 56.3 Å². The van der Waals surface area contributed by atoms with Crippen molar-refractivity contribution in [3.8, 4) is 5.75 Å². The third-order valence-corrected chi connectivity index (χ3v) is 5.95. The predicted octanol–water partition coefficient (Wildman–Crippen LogP) is 2.88. The minimum atomic E-state index is 0.382. The Morgan fingerprint density at radius 3 is 2.17 bits per heavy atom. The van der Waals surface area contributed by atoms with E-state index >= 15 is 0 Å². The molecule has 3 aliphatic rings. The van der Waals surface area contributed by atoms with Gasteiger partial charge in [-0.05, 0) is 63.0 Å². The summed E-state index contributed by atoms with van der Waals surface area (Å²) in [7, 11) is 0. The summed E-state index contributed by atoms with van der Waals surface area (Å²) in [6, 6.07) is 9.65. The smallest absolute Gasteiger partial charge is 0.119 e. The van der Waals surface area contributed by atoms with Crippen LogP contribution in [0.2, 0.25) is 0 Å². The Kier molecular flexibility index (Phi) is 5.24. The van der Waals surface area contributed by atoms with Gasteiger partial charge >= 0.3 is 0 Å². The molecule has 2 saturated heterocycles. The van der Waals surface area contributed by atoms with Crippen molar-refractivity contribution in [1.82, 2.24) is 10.2 Å². The van der Waals surface area contributed by atoms with Crippen LogP contribution in [0, 0.1) is 0 Å². The summed E-state index contributed by atoms with van der Waals surface area (Å²) in [4.78, 5) is 5.25. The number of nitrogens with zero attached hydrogens (tertiary/aromatic N) is 2. The lowest BCUT2D eigenvalue weighted by Crippen LogP contribution is -2.49. The van der Waals surface area contributed by atoms with Crippen molar-refractivity contribution < 1.29 is 4.74 Å². The molecule has 1 aromatic carbocycles. The number of hydrogen-bond donors (Lipinski definition) is 1. The molecule has 1 saturated carbocycles. The monoisotopic (exact) mass is 329 g/mol. The van der Waals surface area contributed by atoms with E-state index in [4.69, 9.17) is 4.74 Å². The van der Waals surface area contributed by atoms with Gasteiger partial charge in [-0.3, -0.25) is 4.90 Å². The summed E-state index contributed by atoms with van der Waals surface area (Å²) in [5.41, 5.74) is 1.35. The molecule has 0 atom stereocenters. The highest BCUT2D eigenvalue weighted by Crippen LogP contribution is 2.27. The zero-order valence-electron chi connectivity index (χ0n) is 14.8. The van der Waals surface area contributed by atoms with Gasteiger partial charge in [0.25, 0.3) is 0 Å². The molecule has 1 aliphatic carbocycles. The summed E-state index contributed by atoms with van der Waals surface area (Å²) in [5, 5.41) is 3.39. The van der Waals surface area contributed by atoms with E-state index in [9.17, 15) is 0 Å². The molecular weight excluding hydrogens is 298 g/mol. The van der Waals surface area contributed by atoms with Gasteiger partial charge in [0.05, 0.1) is 0 Å². The van der Waals surface area contributed by atoms with Gasteiger partial charge in [0.15, 0.2) is 0 Å². The van der Waals surface area contributed by atoms with Crippen molar-refractivity contribution in [3.63, 3.8) is 0 Å². The summed E-state index contributed by atoms with van der Waals surface area (Å²) < 4.78 is 6.12. The van der Waals surface area contributed by atoms with E-state index in [0.29, 0.717) is 6.10 Å². The van der Waals surface area contributed by atoms with E-state index in [1.165, 1.54) is 44.5 Å². The standard InChI is InChI=1S/C20H31N3O/c1-2-4-17(3-1)22-13-15-23(16-14-22)18-5-7-19(8-6-18)24-20-9-11-21-12-10-20/h5-8,17,20-21H,1-4,9-16H2. The first-order valence-electron chi connectivity index (χ1n) is 9.85. The molecule has 0 bridgehead atoms. The van der Waals surface area contributed by atoms with Gasteiger partial charge in [0, 0.05) is 37.9 Å². The van der Waals surface area contributed by atoms with Crippen LogP contribution in [0.5, 0.6) is 5.75 Å². The number of rotatable bonds is 4. The molecule has 3 fully saturated rings. The molecule has 2 heterocycles. The number of piperazine rings is 1. The molecule has 0 spiro atoms. The molecule has 4 rings (SSSR count). The second-order valence-corrected chi connectivity index (χ2v) is 7.52. The quantitative estimate of drug-likeness (QED) is 0.919. The molecule has 1 N–H and O–H groups in total. The van der Waals surface area contributed by atoms with Gasteiger partial charge < -0.3 is 15.0 Å². The van der Waals surface area contributed by atoms with Crippen LogP contribution < -0.4 is 15.0 Å². The van der Waals surface area contributed by atoms with Crippen molar-refractivity contribution in [2.75, 3.05) is 44.2 Å². The van der Waals surface area contributed by atoms with Crippen LogP contribution in [0.4, 0.5) is 5.69 Å². The van der Waals surface area contributed by atoms with E-state index < -0.39 is 0 Å². The highest BCUT2D eigenvalue weighted by atomic mass is 16.5. The van der Waals surface area contributed by atoms with Crippen LogP contribution in [0.15, 0.2) is 24.3 Å². The lowest BCUT2D eigenvalue weighted by Gasteiger charge is -2.39. The van der Waals surface area contributed by atoms with Crippen molar-refractivity contribution in [2.24, 2.45) is 0 Å². The second kappa shape index (κ2) is 7.75. The number of nitrogens with one attached hydrogen (secondary N) is 1. The first-order valence-corrected chi connectivity index (χ1v) is 9.85. The van der Waals surface area contributed by atoms with Crippen molar-refractivity contribution in [2.45, 2.75) is 50.7 Å². The molecule has 0 aromatic heterocycles. The number of anilines is 1. The fraction of sp³-hybridized carbons (Fsp3) is 0.700. The third-order valence-electron chi connectivity index (χ3n) is 5.95. The Bertz CT molecular complexity index is 498. The van der Waals surface area contributed by atoms with Gasteiger partial charge in [0.2, 0.25) is 0 Å². The molecule has 132 valence electrons. The molecule has 0 radical (unpaired) electrons. The van der Waals surface area contributed by atoms with E-state index in [1.807, 2.05) is 0 Å². The average molecular weight is 329 g/mol. The predicted molar refractivity (Wildman–Crippen MR) is 99.0 cm³/mol. The number of hydrogen-bond acceptors (Lipinski definition) is 4. The van der Waals surface area contributed by atoms with E-state index in [0.717, 1.165) is 50.8 Å². The van der Waals surface area contributed by atoms with Crippen LogP contribution in [0.1, 0.15) is 38.5 Å². The zero-order valence-corrected chi connectivity index (χ0v) is 14.8. The average Bonchev–Trinajstić information content (AvgIpc) is 3.18. The van der Waals surface area contributed by atoms with Crippen LogP contribution in [0.3, 0.4) is 0 Å². The maximum Gasteiger partial charge on any atom is 0.119 e. The topological polar surface area (TPSA) is 27.7 Å². The first kappa shape index (κ1) is 16.2. The summed E-state index contributed by atoms with van der Waals surface area (Å²) >= 11 is 0. The number of ether oxygens (including phenoxy) is 1. The highest BCUT2D eigenvalue weighted by molar-refractivity contribution is 5.49. The first-order chi connectivity index (χ1) is 11.9. The largest absolute Gasteiger partial charge is 0.490 e. The second-order valence-electron chi connectivity index (χ2n) is 7.52. The molecule has 1 aromatic rings. The van der Waals surface area contributed by atoms with Gasteiger partial charge in [-0.1, -0.05) is 12.8 Å². The lowest BCUT2D eigenvalue weighted by molar-refractivity contribution is 0.162. The molecule has 4 nitrogen and oxygen atoms in total. The number of piperidine rings is 1. The molecule has 24 heavy (non-hydrogen) atoms. The molecule has 2 aliphatic heterocycles. The molecule has 0 unspecified atom stereocenters. The Balaban J connectivity index is 1.29. The Hall–Kier alpha value is -1.26. The van der Waals surface area contributed by atoms with E-state index in [1.54, 1.807) is 0 Å². The maximum absolute atomic E-state index is 6.12. The Labute approximate surface area is 146 Å². The fourth-order valence-electron chi connectivity index (χ4n) is 4.46. The minimum absolute atomic E-state index is 0.382. The van der Waals surface area contributed by atoms with Gasteiger partial charge in [-0.25, -0.2) is 0 Å². The SMILES string of the molecule is c1cc(N2CCN(C3CCCC3)CC2)ccc1OC1CCNCC1. The molecular formula is C20H31N3O.